The Hall–Kier alpha value is -1.89. The number of rotatable bonds is 4. The number of nitrogens with zero attached hydrogens (tertiary/aromatic N) is 3. The van der Waals surface area contributed by atoms with Crippen LogP contribution in [-0.4, -0.2) is 41.0 Å². The maximum Gasteiger partial charge on any atom is 0.254 e. The first-order valence-corrected chi connectivity index (χ1v) is 8.09. The largest absolute Gasteiger partial charge is 0.365 e. The molecule has 1 aromatic rings. The summed E-state index contributed by atoms with van der Waals surface area (Å²) in [7, 11) is 0. The van der Waals surface area contributed by atoms with Crippen LogP contribution in [0.1, 0.15) is 48.9 Å². The number of nitrogens with two attached hydrogens (primary N) is 2. The molecule has 7 nitrogen and oxygen atoms in total. The molecule has 0 aromatic carbocycles. The summed E-state index contributed by atoms with van der Waals surface area (Å²) in [4.78, 5) is 22.5. The summed E-state index contributed by atoms with van der Waals surface area (Å²) in [5.74, 6) is 0.698. The van der Waals surface area contributed by atoms with Gasteiger partial charge in [-0.05, 0) is 25.7 Å². The summed E-state index contributed by atoms with van der Waals surface area (Å²) in [6.07, 6.45) is 8.15. The van der Waals surface area contributed by atoms with E-state index in [4.69, 9.17) is 11.5 Å². The van der Waals surface area contributed by atoms with Gasteiger partial charge in [0.05, 0.1) is 0 Å². The Labute approximate surface area is 130 Å². The van der Waals surface area contributed by atoms with Crippen molar-refractivity contribution in [2.24, 2.45) is 11.5 Å². The van der Waals surface area contributed by atoms with E-state index in [1.54, 1.807) is 0 Å². The molecule has 22 heavy (non-hydrogen) atoms. The number of carbonyl (C=O) groups excluding carboxylic acids is 1. The van der Waals surface area contributed by atoms with E-state index in [0.29, 0.717) is 17.3 Å². The highest BCUT2D eigenvalue weighted by atomic mass is 16.1. The summed E-state index contributed by atoms with van der Waals surface area (Å²) in [5.41, 5.74) is 12.0. The Kier molecular flexibility index (Phi) is 4.42. The Morgan fingerprint density at radius 2 is 1.95 bits per heavy atom. The zero-order chi connectivity index (χ0) is 15.5. The van der Waals surface area contributed by atoms with Crippen LogP contribution in [0.5, 0.6) is 0 Å². The third-order valence-corrected chi connectivity index (χ3v) is 4.57. The quantitative estimate of drug-likeness (QED) is 0.761. The molecule has 0 spiro atoms. The van der Waals surface area contributed by atoms with E-state index in [1.807, 2.05) is 0 Å². The molecule has 2 heterocycles. The molecule has 1 unspecified atom stereocenters. The third kappa shape index (κ3) is 3.14. The summed E-state index contributed by atoms with van der Waals surface area (Å²) in [6, 6.07) is 0.322. The first-order chi connectivity index (χ1) is 10.6. The van der Waals surface area contributed by atoms with Gasteiger partial charge in [0.15, 0.2) is 0 Å². The van der Waals surface area contributed by atoms with Crippen molar-refractivity contribution in [1.82, 2.24) is 9.97 Å². The number of nitrogens with one attached hydrogen (secondary N) is 1. The standard InChI is InChI=1S/C15H24N6O/c16-11-5-1-2-6-12(11)19-15-18-9-10(13(17)22)14(20-15)21-7-3-4-8-21/h9,11-12H,1-8,16H2,(H2,17,22)(H,18,19,20)/t11?,12-/m1/s1. The third-order valence-electron chi connectivity index (χ3n) is 4.57. The first kappa shape index (κ1) is 15.0. The SMILES string of the molecule is NC(=O)c1cnc(N[C@@H]2CCCCC2N)nc1N1CCCC1. The van der Waals surface area contributed by atoms with E-state index in [1.165, 1.54) is 19.0 Å². The van der Waals surface area contributed by atoms with Crippen molar-refractivity contribution < 1.29 is 4.79 Å². The normalized spacial score (nSPS) is 25.2. The lowest BCUT2D eigenvalue weighted by molar-refractivity contribution is 0.1000. The summed E-state index contributed by atoms with van der Waals surface area (Å²) in [5, 5.41) is 3.33. The maximum absolute atomic E-state index is 11.6. The second kappa shape index (κ2) is 6.48. The highest BCUT2D eigenvalue weighted by Gasteiger charge is 2.24. The maximum atomic E-state index is 11.6. The fraction of sp³-hybridized carbons (Fsp3) is 0.667. The minimum absolute atomic E-state index is 0.128. The van der Waals surface area contributed by atoms with Crippen molar-refractivity contribution in [2.75, 3.05) is 23.3 Å². The summed E-state index contributed by atoms with van der Waals surface area (Å²) in [6.45, 7) is 1.80. The van der Waals surface area contributed by atoms with Gasteiger partial charge in [0, 0.05) is 31.4 Å². The number of anilines is 2. The van der Waals surface area contributed by atoms with Crippen LogP contribution in [0.2, 0.25) is 0 Å². The van der Waals surface area contributed by atoms with Crippen LogP contribution < -0.4 is 21.7 Å². The van der Waals surface area contributed by atoms with Gasteiger partial charge < -0.3 is 21.7 Å². The molecule has 1 aromatic heterocycles. The Balaban J connectivity index is 1.82. The van der Waals surface area contributed by atoms with E-state index in [2.05, 4.69) is 20.2 Å². The fourth-order valence-electron chi connectivity index (χ4n) is 3.29. The van der Waals surface area contributed by atoms with E-state index in [9.17, 15) is 4.79 Å². The molecule has 0 bridgehead atoms. The number of carbonyl (C=O) groups is 1. The van der Waals surface area contributed by atoms with Crippen LogP contribution in [-0.2, 0) is 0 Å². The lowest BCUT2D eigenvalue weighted by atomic mass is 9.91. The Morgan fingerprint density at radius 1 is 1.23 bits per heavy atom. The lowest BCUT2D eigenvalue weighted by Gasteiger charge is -2.29. The average molecular weight is 304 g/mol. The van der Waals surface area contributed by atoms with Crippen molar-refractivity contribution in [2.45, 2.75) is 50.6 Å². The number of amides is 1. The minimum atomic E-state index is -0.484. The highest BCUT2D eigenvalue weighted by molar-refractivity contribution is 5.97. The smallest absolute Gasteiger partial charge is 0.254 e. The number of hydrogen-bond donors (Lipinski definition) is 3. The molecular weight excluding hydrogens is 280 g/mol. The monoisotopic (exact) mass is 304 g/mol. The van der Waals surface area contributed by atoms with E-state index in [0.717, 1.165) is 38.8 Å². The van der Waals surface area contributed by atoms with Gasteiger partial charge in [0.25, 0.3) is 5.91 Å². The highest BCUT2D eigenvalue weighted by Crippen LogP contribution is 2.25. The van der Waals surface area contributed by atoms with Crippen LogP contribution in [0.25, 0.3) is 0 Å². The minimum Gasteiger partial charge on any atom is -0.365 e. The molecule has 1 aliphatic carbocycles. The zero-order valence-electron chi connectivity index (χ0n) is 12.8. The van der Waals surface area contributed by atoms with Crippen molar-refractivity contribution in [3.63, 3.8) is 0 Å². The molecule has 7 heteroatoms. The number of primary amides is 1. The van der Waals surface area contributed by atoms with Gasteiger partial charge in [-0.2, -0.15) is 4.98 Å². The molecule has 1 aliphatic heterocycles. The van der Waals surface area contributed by atoms with Crippen LogP contribution in [0, 0.1) is 0 Å². The van der Waals surface area contributed by atoms with Gasteiger partial charge in [-0.1, -0.05) is 12.8 Å². The first-order valence-electron chi connectivity index (χ1n) is 8.09. The van der Waals surface area contributed by atoms with Crippen LogP contribution in [0.4, 0.5) is 11.8 Å². The summed E-state index contributed by atoms with van der Waals surface area (Å²) >= 11 is 0. The Morgan fingerprint density at radius 3 is 2.64 bits per heavy atom. The Bertz CT molecular complexity index is 543. The molecule has 3 rings (SSSR count). The molecule has 2 atom stereocenters. The second-order valence-electron chi connectivity index (χ2n) is 6.19. The van der Waals surface area contributed by atoms with Gasteiger partial charge in [-0.15, -0.1) is 0 Å². The van der Waals surface area contributed by atoms with E-state index >= 15 is 0 Å². The fourth-order valence-corrected chi connectivity index (χ4v) is 3.29. The summed E-state index contributed by atoms with van der Waals surface area (Å²) < 4.78 is 0. The zero-order valence-corrected chi connectivity index (χ0v) is 12.8. The van der Waals surface area contributed by atoms with Crippen molar-refractivity contribution in [3.8, 4) is 0 Å². The van der Waals surface area contributed by atoms with Crippen molar-refractivity contribution >= 4 is 17.7 Å². The predicted octanol–water partition coefficient (Wildman–Crippen LogP) is 0.857. The number of hydrogen-bond acceptors (Lipinski definition) is 6. The average Bonchev–Trinajstić information content (AvgIpc) is 3.03. The van der Waals surface area contributed by atoms with Crippen molar-refractivity contribution in [1.29, 1.82) is 0 Å². The van der Waals surface area contributed by atoms with Gasteiger partial charge in [0.2, 0.25) is 5.95 Å². The second-order valence-corrected chi connectivity index (χ2v) is 6.19. The van der Waals surface area contributed by atoms with Gasteiger partial charge in [-0.25, -0.2) is 4.98 Å². The molecule has 1 amide bonds. The van der Waals surface area contributed by atoms with Crippen molar-refractivity contribution in [3.05, 3.63) is 11.8 Å². The van der Waals surface area contributed by atoms with Gasteiger partial charge >= 0.3 is 0 Å². The molecule has 120 valence electrons. The molecule has 0 radical (unpaired) electrons. The topological polar surface area (TPSA) is 110 Å². The molecule has 1 saturated carbocycles. The molecule has 2 fully saturated rings. The molecule has 2 aliphatic rings. The van der Waals surface area contributed by atoms with Gasteiger partial charge in [0.1, 0.15) is 11.4 Å². The van der Waals surface area contributed by atoms with Crippen LogP contribution in [0.15, 0.2) is 6.20 Å². The van der Waals surface area contributed by atoms with Crippen LogP contribution in [0.3, 0.4) is 0 Å². The number of aromatic nitrogens is 2. The lowest BCUT2D eigenvalue weighted by Crippen LogP contribution is -2.43. The van der Waals surface area contributed by atoms with Gasteiger partial charge in [-0.3, -0.25) is 4.79 Å². The predicted molar refractivity (Wildman–Crippen MR) is 85.9 cm³/mol. The van der Waals surface area contributed by atoms with E-state index < -0.39 is 5.91 Å². The molecule has 1 saturated heterocycles. The molecular formula is C15H24N6O. The van der Waals surface area contributed by atoms with Crippen LogP contribution >= 0.6 is 0 Å². The van der Waals surface area contributed by atoms with E-state index in [-0.39, 0.29) is 12.1 Å². The molecule has 5 N–H and O–H groups in total.